The van der Waals surface area contributed by atoms with E-state index in [9.17, 15) is 9.59 Å². The fraction of sp³-hybridized carbons (Fsp3) is 0.450. The van der Waals surface area contributed by atoms with Crippen molar-refractivity contribution in [1.29, 1.82) is 0 Å². The molecule has 138 valence electrons. The maximum atomic E-state index is 12.8. The van der Waals surface area contributed by atoms with Gasteiger partial charge >= 0.3 is 0 Å². The molecule has 6 nitrogen and oxygen atoms in total. The number of methoxy groups -OCH3 is 1. The van der Waals surface area contributed by atoms with Crippen molar-refractivity contribution in [3.63, 3.8) is 0 Å². The van der Waals surface area contributed by atoms with Crippen LogP contribution in [-0.4, -0.2) is 24.0 Å². The Labute approximate surface area is 152 Å². The highest BCUT2D eigenvalue weighted by Crippen LogP contribution is 2.31. The van der Waals surface area contributed by atoms with Crippen molar-refractivity contribution in [2.45, 2.75) is 45.4 Å². The first-order valence-corrected chi connectivity index (χ1v) is 9.01. The Morgan fingerprint density at radius 3 is 2.65 bits per heavy atom. The molecule has 0 bridgehead atoms. The molecule has 3 rings (SSSR count). The molecule has 1 amide bonds. The number of hydrogen-bond acceptors (Lipinski definition) is 5. The van der Waals surface area contributed by atoms with E-state index in [4.69, 9.17) is 9.26 Å². The fourth-order valence-electron chi connectivity index (χ4n) is 3.42. The number of nitrogens with one attached hydrogen (secondary N) is 1. The number of ketones is 1. The Bertz CT molecular complexity index is 791. The number of aromatic nitrogens is 1. The second-order valence-electron chi connectivity index (χ2n) is 6.77. The van der Waals surface area contributed by atoms with Crippen LogP contribution in [-0.2, 0) is 11.2 Å². The molecule has 1 aliphatic rings. The summed E-state index contributed by atoms with van der Waals surface area (Å²) >= 11 is 0. The average molecular weight is 356 g/mol. The molecule has 0 spiro atoms. The van der Waals surface area contributed by atoms with E-state index in [1.54, 1.807) is 31.2 Å². The number of carbonyl (C=O) groups excluding carboxylic acids is 2. The van der Waals surface area contributed by atoms with E-state index in [0.29, 0.717) is 28.5 Å². The predicted molar refractivity (Wildman–Crippen MR) is 97.5 cm³/mol. The number of aryl methyl sites for hydroxylation is 1. The summed E-state index contributed by atoms with van der Waals surface area (Å²) in [7, 11) is 1.54. The molecular weight excluding hydrogens is 332 g/mol. The molecule has 1 aliphatic carbocycles. The molecule has 1 aromatic heterocycles. The summed E-state index contributed by atoms with van der Waals surface area (Å²) in [5.41, 5.74) is 1.68. The molecule has 0 radical (unpaired) electrons. The molecule has 2 aromatic rings. The third-order valence-electron chi connectivity index (χ3n) is 4.75. The Morgan fingerprint density at radius 1 is 1.23 bits per heavy atom. The molecule has 6 heteroatoms. The largest absolute Gasteiger partial charge is 0.495 e. The lowest BCUT2D eigenvalue weighted by atomic mass is 9.84. The van der Waals surface area contributed by atoms with Crippen LogP contribution in [0.4, 0.5) is 5.69 Å². The van der Waals surface area contributed by atoms with Crippen molar-refractivity contribution in [1.82, 2.24) is 5.16 Å². The van der Waals surface area contributed by atoms with Gasteiger partial charge in [0, 0.05) is 17.5 Å². The molecule has 0 saturated heterocycles. The number of carbonyl (C=O) groups is 2. The Morgan fingerprint density at radius 2 is 2.00 bits per heavy atom. The zero-order valence-electron chi connectivity index (χ0n) is 15.2. The van der Waals surface area contributed by atoms with Crippen molar-refractivity contribution >= 4 is 17.4 Å². The smallest absolute Gasteiger partial charge is 0.230 e. The summed E-state index contributed by atoms with van der Waals surface area (Å²) in [6.07, 6.45) is 5.40. The highest BCUT2D eigenvalue weighted by atomic mass is 16.5. The van der Waals surface area contributed by atoms with Crippen LogP contribution in [0, 0.1) is 12.8 Å². The number of hydrogen-bond donors (Lipinski definition) is 1. The van der Waals surface area contributed by atoms with Gasteiger partial charge in [0.15, 0.2) is 5.78 Å². The Balaban J connectivity index is 1.74. The Hall–Kier alpha value is -2.63. The van der Waals surface area contributed by atoms with Gasteiger partial charge in [-0.1, -0.05) is 24.4 Å². The lowest BCUT2D eigenvalue weighted by molar-refractivity contribution is -0.115. The zero-order valence-corrected chi connectivity index (χ0v) is 15.2. The normalized spacial score (nSPS) is 14.8. The summed E-state index contributed by atoms with van der Waals surface area (Å²) in [5.74, 6) is 1.17. The SMILES string of the molecule is COc1ccc(C(=O)C2CCCCC2)cc1NC(=O)Cc1cc(C)on1. The highest BCUT2D eigenvalue weighted by molar-refractivity contribution is 6.01. The standard InChI is InChI=1S/C20H24N2O4/c1-13-10-16(22-26-13)12-19(23)21-17-11-15(8-9-18(17)25-2)20(24)14-6-4-3-5-7-14/h8-11,14H,3-7,12H2,1-2H3,(H,21,23). The molecule has 1 aromatic carbocycles. The van der Waals surface area contributed by atoms with Crippen molar-refractivity contribution in [2.24, 2.45) is 5.92 Å². The lowest BCUT2D eigenvalue weighted by Gasteiger charge is -2.21. The van der Waals surface area contributed by atoms with Crippen molar-refractivity contribution < 1.29 is 18.8 Å². The molecule has 0 unspecified atom stereocenters. The lowest BCUT2D eigenvalue weighted by Crippen LogP contribution is -2.19. The van der Waals surface area contributed by atoms with Gasteiger partial charge in [-0.25, -0.2) is 0 Å². The van der Waals surface area contributed by atoms with Gasteiger partial charge in [-0.05, 0) is 38.0 Å². The molecule has 26 heavy (non-hydrogen) atoms. The summed E-state index contributed by atoms with van der Waals surface area (Å²) in [6.45, 7) is 1.78. The second-order valence-corrected chi connectivity index (χ2v) is 6.77. The van der Waals surface area contributed by atoms with Crippen LogP contribution in [0.2, 0.25) is 0 Å². The molecule has 1 heterocycles. The van der Waals surface area contributed by atoms with Crippen LogP contribution in [0.5, 0.6) is 5.75 Å². The van der Waals surface area contributed by atoms with Crippen molar-refractivity contribution in [3.8, 4) is 5.75 Å². The Kier molecular flexibility index (Phi) is 5.71. The van der Waals surface area contributed by atoms with Gasteiger partial charge in [-0.15, -0.1) is 0 Å². The number of benzene rings is 1. The maximum absolute atomic E-state index is 12.8. The second kappa shape index (κ2) is 8.17. The monoisotopic (exact) mass is 356 g/mol. The number of ether oxygens (including phenoxy) is 1. The van der Waals surface area contributed by atoms with Crippen molar-refractivity contribution in [3.05, 3.63) is 41.3 Å². The van der Waals surface area contributed by atoms with E-state index < -0.39 is 0 Å². The zero-order chi connectivity index (χ0) is 18.5. The fourth-order valence-corrected chi connectivity index (χ4v) is 3.42. The van der Waals surface area contributed by atoms with Gasteiger partial charge in [0.1, 0.15) is 11.5 Å². The van der Waals surface area contributed by atoms with Gasteiger partial charge in [0.05, 0.1) is 24.9 Å². The van der Waals surface area contributed by atoms with Gasteiger partial charge in [-0.2, -0.15) is 0 Å². The molecule has 0 aliphatic heterocycles. The van der Waals surface area contributed by atoms with Crippen molar-refractivity contribution in [2.75, 3.05) is 12.4 Å². The number of nitrogens with zero attached hydrogens (tertiary/aromatic N) is 1. The summed E-state index contributed by atoms with van der Waals surface area (Å²) < 4.78 is 10.3. The number of rotatable bonds is 6. The van der Waals surface area contributed by atoms with E-state index in [2.05, 4.69) is 10.5 Å². The minimum atomic E-state index is -0.237. The van der Waals surface area contributed by atoms with Gasteiger partial charge in [0.2, 0.25) is 5.91 Å². The van der Waals surface area contributed by atoms with Crippen LogP contribution in [0.25, 0.3) is 0 Å². The summed E-state index contributed by atoms with van der Waals surface area (Å²) in [5, 5.41) is 6.65. The number of Topliss-reactive ketones (excluding diaryl/α,β-unsaturated/α-hetero) is 1. The number of amides is 1. The van der Waals surface area contributed by atoms with Crippen LogP contribution in [0.3, 0.4) is 0 Å². The third-order valence-corrected chi connectivity index (χ3v) is 4.75. The predicted octanol–water partition coefficient (Wildman–Crippen LogP) is 3.94. The quantitative estimate of drug-likeness (QED) is 0.793. The molecular formula is C20H24N2O4. The summed E-state index contributed by atoms with van der Waals surface area (Å²) in [6, 6.07) is 6.93. The van der Waals surface area contributed by atoms with E-state index in [-0.39, 0.29) is 24.0 Å². The first-order valence-electron chi connectivity index (χ1n) is 9.01. The highest BCUT2D eigenvalue weighted by Gasteiger charge is 2.23. The molecule has 1 saturated carbocycles. The topological polar surface area (TPSA) is 81.4 Å². The van der Waals surface area contributed by atoms with Gasteiger partial charge < -0.3 is 14.6 Å². The van der Waals surface area contributed by atoms with Crippen LogP contribution in [0.15, 0.2) is 28.8 Å². The molecule has 1 fully saturated rings. The molecule has 1 N–H and O–H groups in total. The van der Waals surface area contributed by atoms with E-state index >= 15 is 0 Å². The maximum Gasteiger partial charge on any atom is 0.230 e. The van der Waals surface area contributed by atoms with Crippen LogP contribution < -0.4 is 10.1 Å². The van der Waals surface area contributed by atoms with E-state index in [1.165, 1.54) is 13.5 Å². The first-order chi connectivity index (χ1) is 12.6. The van der Waals surface area contributed by atoms with Gasteiger partial charge in [-0.3, -0.25) is 9.59 Å². The third kappa shape index (κ3) is 4.31. The number of anilines is 1. The average Bonchev–Trinajstić information content (AvgIpc) is 3.06. The molecule has 0 atom stereocenters. The van der Waals surface area contributed by atoms with E-state index in [0.717, 1.165) is 25.7 Å². The van der Waals surface area contributed by atoms with Crippen LogP contribution >= 0.6 is 0 Å². The first kappa shape index (κ1) is 18.2. The minimum absolute atomic E-state index is 0.0822. The minimum Gasteiger partial charge on any atom is -0.495 e. The summed E-state index contributed by atoms with van der Waals surface area (Å²) in [4.78, 5) is 25.1. The van der Waals surface area contributed by atoms with Crippen LogP contribution in [0.1, 0.15) is 53.9 Å². The van der Waals surface area contributed by atoms with E-state index in [1.807, 2.05) is 0 Å². The van der Waals surface area contributed by atoms with Gasteiger partial charge in [0.25, 0.3) is 0 Å².